The summed E-state index contributed by atoms with van der Waals surface area (Å²) in [7, 11) is 0. The van der Waals surface area contributed by atoms with Crippen LogP contribution in [0.2, 0.25) is 0 Å². The molecule has 0 N–H and O–H groups in total. The van der Waals surface area contributed by atoms with E-state index in [9.17, 15) is 8.78 Å². The Balaban J connectivity index is 1.65. The Morgan fingerprint density at radius 1 is 0.310 bits per heavy atom. The van der Waals surface area contributed by atoms with Gasteiger partial charge in [0.25, 0.3) is 0 Å². The first-order chi connectivity index (χ1) is 20.7. The summed E-state index contributed by atoms with van der Waals surface area (Å²) in [4.78, 5) is 0. The summed E-state index contributed by atoms with van der Waals surface area (Å²) in [5.74, 6) is -0.563. The van der Waals surface area contributed by atoms with Crippen LogP contribution in [0.1, 0.15) is 0 Å². The molecule has 8 aromatic rings. The third-order valence-electron chi connectivity index (χ3n) is 8.31. The van der Waals surface area contributed by atoms with Gasteiger partial charge in [-0.1, -0.05) is 103 Å². The van der Waals surface area contributed by atoms with Crippen LogP contribution in [0.25, 0.3) is 76.5 Å². The lowest BCUT2D eigenvalue weighted by molar-refractivity contribution is 0.628. The molecule has 0 atom stereocenters. The van der Waals surface area contributed by atoms with Crippen LogP contribution in [0.4, 0.5) is 8.78 Å². The van der Waals surface area contributed by atoms with Gasteiger partial charge in [-0.15, -0.1) is 0 Å². The molecule has 0 aliphatic heterocycles. The fraction of sp³-hybridized carbons (Fsp3) is 0. The molecule has 0 aromatic heterocycles. The summed E-state index contributed by atoms with van der Waals surface area (Å²) in [6.07, 6.45) is 0. The summed E-state index contributed by atoms with van der Waals surface area (Å²) in [5.41, 5.74) is 5.82. The van der Waals surface area contributed by atoms with Gasteiger partial charge in [-0.3, -0.25) is 0 Å². The fourth-order valence-electron chi connectivity index (χ4n) is 6.54. The van der Waals surface area contributed by atoms with Gasteiger partial charge in [-0.2, -0.15) is 0 Å². The molecule has 198 valence electrons. The first-order valence-corrected chi connectivity index (χ1v) is 14.1. The largest absolute Gasteiger partial charge is 0.207 e. The highest BCUT2D eigenvalue weighted by atomic mass is 19.1. The van der Waals surface area contributed by atoms with E-state index in [0.29, 0.717) is 0 Å². The monoisotopic (exact) mass is 542 g/mol. The summed E-state index contributed by atoms with van der Waals surface area (Å²) in [6.45, 7) is 0. The van der Waals surface area contributed by atoms with Gasteiger partial charge in [-0.05, 0) is 119 Å². The normalized spacial score (nSPS) is 11.6. The van der Waals surface area contributed by atoms with Gasteiger partial charge in [0.2, 0.25) is 0 Å². The molecule has 0 radical (unpaired) electrons. The van der Waals surface area contributed by atoms with E-state index < -0.39 is 0 Å². The second-order valence-corrected chi connectivity index (χ2v) is 10.8. The van der Waals surface area contributed by atoms with Gasteiger partial charge in [0.05, 0.1) is 0 Å². The van der Waals surface area contributed by atoms with Crippen LogP contribution in [0, 0.1) is 11.6 Å². The second kappa shape index (κ2) is 9.64. The van der Waals surface area contributed by atoms with Crippen molar-refractivity contribution in [3.8, 4) is 33.4 Å². The molecule has 0 unspecified atom stereocenters. The maximum absolute atomic E-state index is 14.7. The van der Waals surface area contributed by atoms with Gasteiger partial charge in [0, 0.05) is 0 Å². The smallest absolute Gasteiger partial charge is 0.123 e. The van der Waals surface area contributed by atoms with Crippen molar-refractivity contribution in [3.05, 3.63) is 157 Å². The van der Waals surface area contributed by atoms with E-state index in [-0.39, 0.29) is 11.6 Å². The number of hydrogen-bond acceptors (Lipinski definition) is 0. The van der Waals surface area contributed by atoms with E-state index in [1.807, 2.05) is 30.3 Å². The first-order valence-electron chi connectivity index (χ1n) is 14.1. The van der Waals surface area contributed by atoms with Crippen LogP contribution in [0.5, 0.6) is 0 Å². The quantitative estimate of drug-likeness (QED) is 0.154. The fourth-order valence-corrected chi connectivity index (χ4v) is 6.54. The van der Waals surface area contributed by atoms with Crippen molar-refractivity contribution in [1.82, 2.24) is 0 Å². The third kappa shape index (κ3) is 3.88. The van der Waals surface area contributed by atoms with Gasteiger partial charge < -0.3 is 0 Å². The number of halogens is 2. The molecule has 8 rings (SSSR count). The van der Waals surface area contributed by atoms with Crippen molar-refractivity contribution >= 4 is 43.1 Å². The van der Waals surface area contributed by atoms with E-state index in [1.54, 1.807) is 24.3 Å². The summed E-state index contributed by atoms with van der Waals surface area (Å²) in [5, 5.41) is 8.54. The van der Waals surface area contributed by atoms with Crippen molar-refractivity contribution in [2.45, 2.75) is 0 Å². The lowest BCUT2D eigenvalue weighted by Crippen LogP contribution is -1.93. The van der Waals surface area contributed by atoms with Gasteiger partial charge in [-0.25, -0.2) is 8.78 Å². The lowest BCUT2D eigenvalue weighted by Gasteiger charge is -2.20. The maximum Gasteiger partial charge on any atom is 0.123 e. The van der Waals surface area contributed by atoms with Crippen molar-refractivity contribution in [3.63, 3.8) is 0 Å². The van der Waals surface area contributed by atoms with Crippen LogP contribution in [-0.4, -0.2) is 0 Å². The Morgan fingerprint density at radius 2 is 0.810 bits per heavy atom. The predicted octanol–water partition coefficient (Wildman–Crippen LogP) is 11.6. The van der Waals surface area contributed by atoms with Crippen LogP contribution in [0.15, 0.2) is 146 Å². The molecule has 0 saturated heterocycles. The maximum atomic E-state index is 14.7. The number of fused-ring (bicyclic) bond motifs is 5. The molecule has 2 heteroatoms. The highest BCUT2D eigenvalue weighted by Gasteiger charge is 2.20. The second-order valence-electron chi connectivity index (χ2n) is 10.8. The minimum absolute atomic E-state index is 0.281. The molecule has 0 spiro atoms. The Labute approximate surface area is 242 Å². The summed E-state index contributed by atoms with van der Waals surface area (Å²) >= 11 is 0. The molecule has 0 nitrogen and oxygen atoms in total. The number of rotatable bonds is 3. The molecule has 0 heterocycles. The standard InChI is InChI=1S/C40H24F2/c41-29-15-8-13-27(20-29)39-32-18-6-7-19-33(32)40(28-14-9-16-30(42)21-28)38-24-36-34(25-10-2-1-3-11-25)22-26-12-4-5-17-31(26)35(36)23-37(38)39/h1-24H. The van der Waals surface area contributed by atoms with Gasteiger partial charge in [0.15, 0.2) is 0 Å². The average molecular weight is 543 g/mol. The van der Waals surface area contributed by atoms with Crippen LogP contribution >= 0.6 is 0 Å². The molecular weight excluding hydrogens is 518 g/mol. The summed E-state index contributed by atoms with van der Waals surface area (Å²) < 4.78 is 29.4. The molecule has 0 fully saturated rings. The van der Waals surface area contributed by atoms with Crippen molar-refractivity contribution in [2.24, 2.45) is 0 Å². The van der Waals surface area contributed by atoms with E-state index in [0.717, 1.165) is 76.5 Å². The van der Waals surface area contributed by atoms with E-state index in [2.05, 4.69) is 78.9 Å². The van der Waals surface area contributed by atoms with Crippen LogP contribution < -0.4 is 0 Å². The predicted molar refractivity (Wildman–Crippen MR) is 173 cm³/mol. The Morgan fingerprint density at radius 3 is 1.40 bits per heavy atom. The van der Waals surface area contributed by atoms with Crippen molar-refractivity contribution in [1.29, 1.82) is 0 Å². The Bertz CT molecular complexity index is 2320. The van der Waals surface area contributed by atoms with Gasteiger partial charge in [0.1, 0.15) is 11.6 Å². The first kappa shape index (κ1) is 24.5. The zero-order valence-electron chi connectivity index (χ0n) is 22.6. The number of benzene rings is 8. The lowest BCUT2D eigenvalue weighted by atomic mass is 9.83. The highest BCUT2D eigenvalue weighted by molar-refractivity contribution is 6.26. The molecule has 0 amide bonds. The van der Waals surface area contributed by atoms with E-state index in [1.165, 1.54) is 12.1 Å². The zero-order valence-corrected chi connectivity index (χ0v) is 22.6. The highest BCUT2D eigenvalue weighted by Crippen LogP contribution is 2.47. The van der Waals surface area contributed by atoms with Crippen LogP contribution in [-0.2, 0) is 0 Å². The Kier molecular flexibility index (Phi) is 5.61. The molecule has 8 aromatic carbocycles. The number of hydrogen-bond donors (Lipinski definition) is 0. The zero-order chi connectivity index (χ0) is 28.2. The Hall–Kier alpha value is -5.34. The molecule has 0 aliphatic rings. The molecule has 0 aliphatic carbocycles. The SMILES string of the molecule is Fc1cccc(-c2c3ccccc3c(-c3cccc(F)c3)c3cc4c(cc23)c(-c2ccccc2)cc2ccccc24)c1. The molecular formula is C40H24F2. The molecule has 0 bridgehead atoms. The molecule has 42 heavy (non-hydrogen) atoms. The third-order valence-corrected chi connectivity index (χ3v) is 8.31. The van der Waals surface area contributed by atoms with Crippen LogP contribution in [0.3, 0.4) is 0 Å². The van der Waals surface area contributed by atoms with Crippen molar-refractivity contribution in [2.75, 3.05) is 0 Å². The molecule has 0 saturated carbocycles. The van der Waals surface area contributed by atoms with Gasteiger partial charge >= 0.3 is 0 Å². The minimum atomic E-state index is -0.282. The van der Waals surface area contributed by atoms with Crippen molar-refractivity contribution < 1.29 is 8.78 Å². The average Bonchev–Trinajstić information content (AvgIpc) is 3.02. The topological polar surface area (TPSA) is 0 Å². The minimum Gasteiger partial charge on any atom is -0.207 e. The van der Waals surface area contributed by atoms with E-state index >= 15 is 0 Å². The van der Waals surface area contributed by atoms with E-state index in [4.69, 9.17) is 0 Å². The summed E-state index contributed by atoms with van der Waals surface area (Å²) in [6, 6.07) is 47.5.